The number of methoxy groups -OCH3 is 1. The number of amides is 2. The van der Waals surface area contributed by atoms with Crippen LogP contribution in [0, 0.1) is 0 Å². The van der Waals surface area contributed by atoms with Crippen LogP contribution in [0.2, 0.25) is 0 Å². The van der Waals surface area contributed by atoms with Crippen molar-refractivity contribution in [3.05, 3.63) is 29.8 Å². The van der Waals surface area contributed by atoms with Crippen molar-refractivity contribution >= 4 is 17.8 Å². The van der Waals surface area contributed by atoms with Crippen LogP contribution < -0.4 is 10.1 Å². The normalized spacial score (nSPS) is 17.4. The second kappa shape index (κ2) is 7.62. The molecule has 1 aliphatic heterocycles. The molecule has 2 N–H and O–H groups in total. The monoisotopic (exact) mass is 320 g/mol. The molecule has 1 aliphatic rings. The fraction of sp³-hybridized carbons (Fsp3) is 0.438. The Morgan fingerprint density at radius 1 is 1.35 bits per heavy atom. The summed E-state index contributed by atoms with van der Waals surface area (Å²) in [5, 5.41) is 11.7. The van der Waals surface area contributed by atoms with Crippen LogP contribution in [-0.4, -0.2) is 54.0 Å². The summed E-state index contributed by atoms with van der Waals surface area (Å²) in [7, 11) is 1.50. The van der Waals surface area contributed by atoms with E-state index in [1.165, 1.54) is 12.0 Å². The number of carboxylic acids is 1. The Kier molecular flexibility index (Phi) is 5.56. The third-order valence-electron chi connectivity index (χ3n) is 3.84. The first kappa shape index (κ1) is 16.8. The molecule has 2 amide bonds. The van der Waals surface area contributed by atoms with Crippen LogP contribution >= 0.6 is 0 Å². The zero-order chi connectivity index (χ0) is 16.8. The van der Waals surface area contributed by atoms with Gasteiger partial charge in [0.05, 0.1) is 13.7 Å². The molecule has 1 fully saturated rings. The number of carboxylic acid groups (broad SMARTS) is 1. The number of ether oxygens (including phenoxy) is 1. The van der Waals surface area contributed by atoms with Crippen LogP contribution in [0.5, 0.6) is 5.75 Å². The summed E-state index contributed by atoms with van der Waals surface area (Å²) in [5.41, 5.74) is 0.380. The minimum absolute atomic E-state index is 0.222. The number of rotatable bonds is 5. The maximum Gasteiger partial charge on any atom is 0.326 e. The number of piperidine rings is 1. The summed E-state index contributed by atoms with van der Waals surface area (Å²) in [4.78, 5) is 36.8. The highest BCUT2D eigenvalue weighted by atomic mass is 16.5. The van der Waals surface area contributed by atoms with Crippen molar-refractivity contribution in [1.82, 2.24) is 10.2 Å². The van der Waals surface area contributed by atoms with Gasteiger partial charge in [0.15, 0.2) is 0 Å². The Balaban J connectivity index is 1.94. The first-order valence-electron chi connectivity index (χ1n) is 7.47. The van der Waals surface area contributed by atoms with E-state index in [4.69, 9.17) is 4.74 Å². The van der Waals surface area contributed by atoms with E-state index in [9.17, 15) is 19.5 Å². The lowest BCUT2D eigenvalue weighted by atomic mass is 10.0. The molecular weight excluding hydrogens is 300 g/mol. The Morgan fingerprint density at radius 3 is 2.83 bits per heavy atom. The van der Waals surface area contributed by atoms with Gasteiger partial charge in [0.2, 0.25) is 5.91 Å². The van der Waals surface area contributed by atoms with Gasteiger partial charge in [0.1, 0.15) is 11.8 Å². The van der Waals surface area contributed by atoms with Crippen molar-refractivity contribution in [1.29, 1.82) is 0 Å². The highest BCUT2D eigenvalue weighted by Crippen LogP contribution is 2.17. The molecule has 124 valence electrons. The van der Waals surface area contributed by atoms with E-state index in [1.54, 1.807) is 24.3 Å². The van der Waals surface area contributed by atoms with Crippen molar-refractivity contribution in [3.8, 4) is 5.75 Å². The molecule has 7 heteroatoms. The maximum absolute atomic E-state index is 12.2. The van der Waals surface area contributed by atoms with Crippen LogP contribution in [0.3, 0.4) is 0 Å². The van der Waals surface area contributed by atoms with Gasteiger partial charge < -0.3 is 20.1 Å². The average molecular weight is 320 g/mol. The van der Waals surface area contributed by atoms with Crippen molar-refractivity contribution in [3.63, 3.8) is 0 Å². The Bertz CT molecular complexity index is 602. The van der Waals surface area contributed by atoms with Crippen molar-refractivity contribution < 1.29 is 24.2 Å². The summed E-state index contributed by atoms with van der Waals surface area (Å²) in [5.74, 6) is -1.24. The number of carbonyl (C=O) groups is 3. The topological polar surface area (TPSA) is 95.9 Å². The summed E-state index contributed by atoms with van der Waals surface area (Å²) in [6.07, 6.45) is 2.02. The van der Waals surface area contributed by atoms with Gasteiger partial charge in [-0.2, -0.15) is 0 Å². The number of nitrogens with one attached hydrogen (secondary N) is 1. The summed E-state index contributed by atoms with van der Waals surface area (Å²) < 4.78 is 5.05. The van der Waals surface area contributed by atoms with E-state index in [1.807, 2.05) is 0 Å². The van der Waals surface area contributed by atoms with Gasteiger partial charge in [-0.15, -0.1) is 0 Å². The number of benzene rings is 1. The van der Waals surface area contributed by atoms with Gasteiger partial charge in [-0.1, -0.05) is 6.07 Å². The first-order valence-corrected chi connectivity index (χ1v) is 7.47. The molecule has 0 spiro atoms. The van der Waals surface area contributed by atoms with E-state index < -0.39 is 17.9 Å². The molecule has 1 saturated heterocycles. The second-order valence-corrected chi connectivity index (χ2v) is 5.35. The van der Waals surface area contributed by atoms with Crippen LogP contribution in [-0.2, 0) is 9.59 Å². The fourth-order valence-corrected chi connectivity index (χ4v) is 2.61. The number of aliphatic carboxylic acids is 1. The van der Waals surface area contributed by atoms with Gasteiger partial charge in [0, 0.05) is 12.1 Å². The lowest BCUT2D eigenvalue weighted by molar-refractivity contribution is -0.151. The Labute approximate surface area is 134 Å². The molecule has 0 saturated carbocycles. The number of hydrogen-bond donors (Lipinski definition) is 2. The van der Waals surface area contributed by atoms with Gasteiger partial charge in [-0.05, 0) is 37.5 Å². The van der Waals surface area contributed by atoms with Crippen LogP contribution in [0.15, 0.2) is 24.3 Å². The fourth-order valence-electron chi connectivity index (χ4n) is 2.61. The minimum Gasteiger partial charge on any atom is -0.497 e. The molecule has 2 rings (SSSR count). The van der Waals surface area contributed by atoms with Crippen molar-refractivity contribution in [2.75, 3.05) is 20.2 Å². The third-order valence-corrected chi connectivity index (χ3v) is 3.84. The van der Waals surface area contributed by atoms with Crippen LogP contribution in [0.1, 0.15) is 29.6 Å². The maximum atomic E-state index is 12.2. The molecule has 0 aromatic heterocycles. The molecule has 1 atom stereocenters. The summed E-state index contributed by atoms with van der Waals surface area (Å²) >= 11 is 0. The molecule has 0 aliphatic carbocycles. The van der Waals surface area contributed by atoms with Gasteiger partial charge in [0.25, 0.3) is 5.91 Å². The predicted octanol–water partition coefficient (Wildman–Crippen LogP) is 0.891. The van der Waals surface area contributed by atoms with E-state index in [0.717, 1.165) is 12.8 Å². The number of nitrogens with zero attached hydrogens (tertiary/aromatic N) is 1. The quantitative estimate of drug-likeness (QED) is 0.840. The lowest BCUT2D eigenvalue weighted by Gasteiger charge is -2.33. The molecule has 1 aromatic carbocycles. The van der Waals surface area contributed by atoms with E-state index in [0.29, 0.717) is 24.3 Å². The minimum atomic E-state index is -1.00. The smallest absolute Gasteiger partial charge is 0.326 e. The van der Waals surface area contributed by atoms with Gasteiger partial charge >= 0.3 is 5.97 Å². The molecule has 1 heterocycles. The summed E-state index contributed by atoms with van der Waals surface area (Å²) in [6, 6.07) is 5.78. The molecule has 0 radical (unpaired) electrons. The largest absolute Gasteiger partial charge is 0.497 e. The van der Waals surface area contributed by atoms with E-state index >= 15 is 0 Å². The molecule has 1 aromatic rings. The molecule has 7 nitrogen and oxygen atoms in total. The van der Waals surface area contributed by atoms with Crippen LogP contribution in [0.25, 0.3) is 0 Å². The number of hydrogen-bond acceptors (Lipinski definition) is 4. The zero-order valence-electron chi connectivity index (χ0n) is 12.9. The molecular formula is C16H20N2O5. The van der Waals surface area contributed by atoms with Crippen molar-refractivity contribution in [2.24, 2.45) is 0 Å². The average Bonchev–Trinajstić information content (AvgIpc) is 2.59. The Hall–Kier alpha value is -2.57. The first-order chi connectivity index (χ1) is 11.0. The van der Waals surface area contributed by atoms with E-state index in [-0.39, 0.29) is 12.5 Å². The summed E-state index contributed by atoms with van der Waals surface area (Å²) in [6.45, 7) is 0.185. The highest BCUT2D eigenvalue weighted by Gasteiger charge is 2.31. The van der Waals surface area contributed by atoms with Gasteiger partial charge in [-0.25, -0.2) is 4.79 Å². The zero-order valence-corrected chi connectivity index (χ0v) is 12.9. The highest BCUT2D eigenvalue weighted by molar-refractivity contribution is 5.97. The SMILES string of the molecule is COc1cccc(C(=O)NCC(=O)N2CCCC[C@@H]2C(=O)O)c1. The number of carbonyl (C=O) groups excluding carboxylic acids is 2. The number of likely N-dealkylation sites (tertiary alicyclic amines) is 1. The van der Waals surface area contributed by atoms with Crippen molar-refractivity contribution in [2.45, 2.75) is 25.3 Å². The molecule has 23 heavy (non-hydrogen) atoms. The predicted molar refractivity (Wildman–Crippen MR) is 82.3 cm³/mol. The van der Waals surface area contributed by atoms with E-state index in [2.05, 4.69) is 5.32 Å². The standard InChI is InChI=1S/C16H20N2O5/c1-23-12-6-4-5-11(9-12)15(20)17-10-14(19)18-8-3-2-7-13(18)16(21)22/h4-6,9,13H,2-3,7-8,10H2,1H3,(H,17,20)(H,21,22)/t13-/m1/s1. The lowest BCUT2D eigenvalue weighted by Crippen LogP contribution is -2.51. The molecule has 0 unspecified atom stereocenters. The third kappa shape index (κ3) is 4.21. The van der Waals surface area contributed by atoms with Crippen LogP contribution in [0.4, 0.5) is 0 Å². The van der Waals surface area contributed by atoms with Gasteiger partial charge in [-0.3, -0.25) is 9.59 Å². The second-order valence-electron chi connectivity index (χ2n) is 5.35. The Morgan fingerprint density at radius 2 is 2.13 bits per heavy atom. The molecule has 0 bridgehead atoms.